The molecule has 3 aromatic rings. The Balaban J connectivity index is 1.83. The lowest BCUT2D eigenvalue weighted by atomic mass is 10.2. The third kappa shape index (κ3) is 4.34. The smallest absolute Gasteiger partial charge is 0.266 e. The van der Waals surface area contributed by atoms with E-state index in [1.165, 1.54) is 6.08 Å². The van der Waals surface area contributed by atoms with Crippen molar-refractivity contribution in [3.63, 3.8) is 0 Å². The van der Waals surface area contributed by atoms with Gasteiger partial charge in [0, 0.05) is 27.4 Å². The summed E-state index contributed by atoms with van der Waals surface area (Å²) in [5, 5.41) is 12.9. The Morgan fingerprint density at radius 1 is 1.04 bits per heavy atom. The number of anilines is 1. The molecule has 4 nitrogen and oxygen atoms in total. The van der Waals surface area contributed by atoms with E-state index >= 15 is 0 Å². The Hall–Kier alpha value is -3.00. The number of hydrogen-bond donors (Lipinski definition) is 1. The second kappa shape index (κ2) is 7.92. The molecule has 0 atom stereocenters. The van der Waals surface area contributed by atoms with E-state index in [0.717, 1.165) is 0 Å². The summed E-state index contributed by atoms with van der Waals surface area (Å²) in [6, 6.07) is 19.2. The molecule has 1 N–H and O–H groups in total. The van der Waals surface area contributed by atoms with Crippen LogP contribution in [0.15, 0.2) is 70.7 Å². The predicted octanol–water partition coefficient (Wildman–Crippen LogP) is 5.80. The van der Waals surface area contributed by atoms with E-state index in [4.69, 9.17) is 27.6 Å². The van der Waals surface area contributed by atoms with Crippen LogP contribution in [-0.2, 0) is 4.79 Å². The van der Waals surface area contributed by atoms with E-state index in [1.54, 1.807) is 54.6 Å². The molecule has 0 aliphatic carbocycles. The van der Waals surface area contributed by atoms with E-state index < -0.39 is 5.91 Å². The van der Waals surface area contributed by atoms with Gasteiger partial charge >= 0.3 is 0 Å². The fourth-order valence-corrected chi connectivity index (χ4v) is 2.82. The number of rotatable bonds is 4. The minimum Gasteiger partial charge on any atom is -0.457 e. The SMILES string of the molecule is N#C/C(=C\c1ccc(-c2cc(Cl)cc(Cl)c2)o1)C(=O)Nc1ccccc1. The van der Waals surface area contributed by atoms with Gasteiger partial charge in [0.2, 0.25) is 0 Å². The normalized spacial score (nSPS) is 11.0. The molecule has 1 heterocycles. The van der Waals surface area contributed by atoms with Gasteiger partial charge in [-0.05, 0) is 42.5 Å². The molecule has 1 amide bonds. The van der Waals surface area contributed by atoms with Crippen LogP contribution in [0.2, 0.25) is 10.0 Å². The Kier molecular flexibility index (Phi) is 5.43. The first-order chi connectivity index (χ1) is 12.5. The highest BCUT2D eigenvalue weighted by atomic mass is 35.5. The van der Waals surface area contributed by atoms with Gasteiger partial charge in [0.15, 0.2) is 0 Å². The summed E-state index contributed by atoms with van der Waals surface area (Å²) >= 11 is 12.0. The van der Waals surface area contributed by atoms with Crippen molar-refractivity contribution in [3.8, 4) is 17.4 Å². The van der Waals surface area contributed by atoms with E-state index in [0.29, 0.717) is 32.8 Å². The van der Waals surface area contributed by atoms with Crippen molar-refractivity contribution in [1.29, 1.82) is 5.26 Å². The van der Waals surface area contributed by atoms with Crippen LogP contribution in [-0.4, -0.2) is 5.91 Å². The number of para-hydroxylation sites is 1. The van der Waals surface area contributed by atoms with E-state index in [2.05, 4.69) is 5.32 Å². The van der Waals surface area contributed by atoms with Gasteiger partial charge in [-0.2, -0.15) is 5.26 Å². The summed E-state index contributed by atoms with van der Waals surface area (Å²) in [5.41, 5.74) is 1.24. The van der Waals surface area contributed by atoms with Gasteiger partial charge < -0.3 is 9.73 Å². The molecule has 0 unspecified atom stereocenters. The van der Waals surface area contributed by atoms with Crippen LogP contribution in [0.4, 0.5) is 5.69 Å². The molecule has 3 rings (SSSR count). The van der Waals surface area contributed by atoms with Crippen molar-refractivity contribution in [2.75, 3.05) is 5.32 Å². The molecule has 0 spiro atoms. The average Bonchev–Trinajstić information content (AvgIpc) is 3.08. The third-order valence-electron chi connectivity index (χ3n) is 3.46. The first kappa shape index (κ1) is 17.8. The summed E-state index contributed by atoms with van der Waals surface area (Å²) < 4.78 is 5.69. The number of halogens is 2. The zero-order valence-corrected chi connectivity index (χ0v) is 14.9. The second-order valence-electron chi connectivity index (χ2n) is 5.35. The van der Waals surface area contributed by atoms with Gasteiger partial charge in [0.1, 0.15) is 23.2 Å². The molecule has 1 aromatic heterocycles. The molecule has 0 fully saturated rings. The van der Waals surface area contributed by atoms with Crippen molar-refractivity contribution in [2.45, 2.75) is 0 Å². The minimum absolute atomic E-state index is 0.0705. The maximum Gasteiger partial charge on any atom is 0.266 e. The lowest BCUT2D eigenvalue weighted by Crippen LogP contribution is -2.13. The number of carbonyl (C=O) groups is 1. The molecule has 6 heteroatoms. The van der Waals surface area contributed by atoms with Crippen LogP contribution >= 0.6 is 23.2 Å². The molecule has 0 saturated heterocycles. The molecule has 0 radical (unpaired) electrons. The molecule has 26 heavy (non-hydrogen) atoms. The Labute approximate surface area is 160 Å². The van der Waals surface area contributed by atoms with Crippen molar-refractivity contribution in [3.05, 3.63) is 82.0 Å². The molecule has 0 aliphatic rings. The Morgan fingerprint density at radius 2 is 1.73 bits per heavy atom. The number of carbonyl (C=O) groups excluding carboxylic acids is 1. The van der Waals surface area contributed by atoms with Crippen LogP contribution in [0.25, 0.3) is 17.4 Å². The molecular weight excluding hydrogens is 371 g/mol. The fourth-order valence-electron chi connectivity index (χ4n) is 2.29. The first-order valence-corrected chi connectivity index (χ1v) is 8.35. The van der Waals surface area contributed by atoms with Crippen LogP contribution in [0.5, 0.6) is 0 Å². The molecule has 2 aromatic carbocycles. The number of nitriles is 1. The highest BCUT2D eigenvalue weighted by Crippen LogP contribution is 2.29. The van der Waals surface area contributed by atoms with Crippen LogP contribution in [0.3, 0.4) is 0 Å². The van der Waals surface area contributed by atoms with E-state index in [1.807, 2.05) is 12.1 Å². The molecule has 128 valence electrons. The molecule has 0 saturated carbocycles. The number of nitrogens with zero attached hydrogens (tertiary/aromatic N) is 1. The monoisotopic (exact) mass is 382 g/mol. The minimum atomic E-state index is -0.512. The first-order valence-electron chi connectivity index (χ1n) is 7.59. The Bertz CT molecular complexity index is 998. The topological polar surface area (TPSA) is 66.0 Å². The lowest BCUT2D eigenvalue weighted by Gasteiger charge is -2.03. The van der Waals surface area contributed by atoms with Crippen LogP contribution in [0.1, 0.15) is 5.76 Å². The van der Waals surface area contributed by atoms with Crippen molar-refractivity contribution in [1.82, 2.24) is 0 Å². The van der Waals surface area contributed by atoms with E-state index in [9.17, 15) is 10.1 Å². The lowest BCUT2D eigenvalue weighted by molar-refractivity contribution is -0.112. The van der Waals surface area contributed by atoms with Crippen LogP contribution in [0, 0.1) is 11.3 Å². The van der Waals surface area contributed by atoms with Gasteiger partial charge in [-0.3, -0.25) is 4.79 Å². The zero-order valence-electron chi connectivity index (χ0n) is 13.4. The number of furan rings is 1. The van der Waals surface area contributed by atoms with Gasteiger partial charge in [-0.15, -0.1) is 0 Å². The summed E-state index contributed by atoms with van der Waals surface area (Å²) in [7, 11) is 0. The highest BCUT2D eigenvalue weighted by Gasteiger charge is 2.12. The Morgan fingerprint density at radius 3 is 2.38 bits per heavy atom. The van der Waals surface area contributed by atoms with Crippen molar-refractivity contribution in [2.24, 2.45) is 0 Å². The largest absolute Gasteiger partial charge is 0.457 e. The fraction of sp³-hybridized carbons (Fsp3) is 0. The molecule has 0 aliphatic heterocycles. The van der Waals surface area contributed by atoms with Crippen LogP contribution < -0.4 is 5.32 Å². The number of nitrogens with one attached hydrogen (secondary N) is 1. The quantitative estimate of drug-likeness (QED) is 0.457. The van der Waals surface area contributed by atoms with Crippen molar-refractivity contribution < 1.29 is 9.21 Å². The summed E-state index contributed by atoms with van der Waals surface area (Å²) in [4.78, 5) is 12.2. The highest BCUT2D eigenvalue weighted by molar-refractivity contribution is 6.35. The average molecular weight is 383 g/mol. The summed E-state index contributed by atoms with van der Waals surface area (Å²) in [6.07, 6.45) is 1.38. The number of benzene rings is 2. The summed E-state index contributed by atoms with van der Waals surface area (Å²) in [6.45, 7) is 0. The molecular formula is C20H12Cl2N2O2. The number of hydrogen-bond acceptors (Lipinski definition) is 3. The van der Waals surface area contributed by atoms with Gasteiger partial charge in [0.05, 0.1) is 0 Å². The molecule has 0 bridgehead atoms. The van der Waals surface area contributed by atoms with Gasteiger partial charge in [-0.25, -0.2) is 0 Å². The zero-order chi connectivity index (χ0) is 18.5. The van der Waals surface area contributed by atoms with Gasteiger partial charge in [-0.1, -0.05) is 41.4 Å². The van der Waals surface area contributed by atoms with Crippen molar-refractivity contribution >= 4 is 40.9 Å². The van der Waals surface area contributed by atoms with E-state index in [-0.39, 0.29) is 5.57 Å². The predicted molar refractivity (Wildman–Crippen MR) is 103 cm³/mol. The third-order valence-corrected chi connectivity index (χ3v) is 3.89. The summed E-state index contributed by atoms with van der Waals surface area (Å²) in [5.74, 6) is 0.389. The maximum atomic E-state index is 12.2. The van der Waals surface area contributed by atoms with Gasteiger partial charge in [0.25, 0.3) is 5.91 Å². The number of amides is 1. The maximum absolute atomic E-state index is 12.2. The standard InChI is InChI=1S/C20H12Cl2N2O2/c21-15-8-13(9-16(22)11-15)19-7-6-18(26-19)10-14(12-23)20(25)24-17-4-2-1-3-5-17/h1-11H,(H,24,25)/b14-10+. The second-order valence-corrected chi connectivity index (χ2v) is 6.22.